The summed E-state index contributed by atoms with van der Waals surface area (Å²) < 4.78 is 4.23. The summed E-state index contributed by atoms with van der Waals surface area (Å²) in [5.41, 5.74) is 4.08. The highest BCUT2D eigenvalue weighted by molar-refractivity contribution is 7.10. The molecule has 0 bridgehead atoms. The van der Waals surface area contributed by atoms with E-state index in [-0.39, 0.29) is 0 Å². The number of pyridine rings is 1. The predicted octanol–water partition coefficient (Wildman–Crippen LogP) is 4.75. The Bertz CT molecular complexity index is 977. The first-order chi connectivity index (χ1) is 12.8. The molecule has 0 radical (unpaired) electrons. The summed E-state index contributed by atoms with van der Waals surface area (Å²) in [7, 11) is 0. The van der Waals surface area contributed by atoms with Crippen molar-refractivity contribution < 1.29 is 14.7 Å². The van der Waals surface area contributed by atoms with E-state index in [1.54, 1.807) is 13.1 Å². The fourth-order valence-electron chi connectivity index (χ4n) is 2.66. The van der Waals surface area contributed by atoms with Gasteiger partial charge in [-0.2, -0.15) is 4.37 Å². The number of nitrogens with zero attached hydrogens (tertiary/aromatic N) is 2. The molecule has 6 nitrogen and oxygen atoms in total. The molecular formula is C20H19N3O3S. The fraction of sp³-hybridized carbons (Fsp3) is 0.200. The van der Waals surface area contributed by atoms with Crippen molar-refractivity contribution in [1.82, 2.24) is 9.36 Å². The van der Waals surface area contributed by atoms with Gasteiger partial charge in [0.15, 0.2) is 0 Å². The maximum absolute atomic E-state index is 11.2. The van der Waals surface area contributed by atoms with Crippen LogP contribution in [0.3, 0.4) is 0 Å². The number of benzene rings is 1. The van der Waals surface area contributed by atoms with E-state index in [1.807, 2.05) is 50.2 Å². The average molecular weight is 381 g/mol. The number of rotatable bonds is 5. The largest absolute Gasteiger partial charge is 0.465 e. The fourth-order valence-corrected chi connectivity index (χ4v) is 3.49. The minimum absolute atomic E-state index is 0.488. The Morgan fingerprint density at radius 3 is 2.37 bits per heavy atom. The second kappa shape index (κ2) is 7.28. The standard InChI is InChI=1S/C20H19N3O3S/c1-12-17(22-19(25)26)18(27-23-12)14-6-9-16(21-10-14)13-4-7-15(8-5-13)20(2,3)11-24/h4-11,22H,1-3H3,(H,25,26). The molecule has 0 spiro atoms. The highest BCUT2D eigenvalue weighted by Gasteiger charge is 2.19. The van der Waals surface area contributed by atoms with E-state index in [0.717, 1.165) is 33.5 Å². The van der Waals surface area contributed by atoms with Crippen LogP contribution >= 0.6 is 11.5 Å². The summed E-state index contributed by atoms with van der Waals surface area (Å²) in [6, 6.07) is 11.5. The molecule has 0 saturated heterocycles. The van der Waals surface area contributed by atoms with Gasteiger partial charge < -0.3 is 9.90 Å². The number of anilines is 1. The molecule has 0 aliphatic rings. The van der Waals surface area contributed by atoms with Gasteiger partial charge in [-0.3, -0.25) is 10.3 Å². The monoisotopic (exact) mass is 381 g/mol. The molecule has 2 N–H and O–H groups in total. The Hall–Kier alpha value is -3.06. The Balaban J connectivity index is 1.88. The summed E-state index contributed by atoms with van der Waals surface area (Å²) in [5, 5.41) is 11.4. The molecule has 1 aromatic carbocycles. The number of hydrogen-bond donors (Lipinski definition) is 2. The number of amides is 1. The molecule has 0 atom stereocenters. The van der Waals surface area contributed by atoms with Gasteiger partial charge in [-0.25, -0.2) is 4.79 Å². The van der Waals surface area contributed by atoms with Crippen molar-refractivity contribution in [3.05, 3.63) is 53.9 Å². The molecule has 1 amide bonds. The van der Waals surface area contributed by atoms with Crippen LogP contribution in [0.2, 0.25) is 0 Å². The molecule has 0 aliphatic heterocycles. The first-order valence-corrected chi connectivity index (χ1v) is 9.09. The van der Waals surface area contributed by atoms with Crippen LogP contribution in [-0.4, -0.2) is 26.8 Å². The van der Waals surface area contributed by atoms with E-state index >= 15 is 0 Å². The molecule has 3 aromatic rings. The topological polar surface area (TPSA) is 92.2 Å². The summed E-state index contributed by atoms with van der Waals surface area (Å²) >= 11 is 1.23. The van der Waals surface area contributed by atoms with Crippen LogP contribution in [0.5, 0.6) is 0 Å². The number of aldehydes is 1. The maximum atomic E-state index is 11.2. The highest BCUT2D eigenvalue weighted by atomic mass is 32.1. The van der Waals surface area contributed by atoms with Crippen molar-refractivity contribution in [3.8, 4) is 21.7 Å². The molecule has 3 rings (SSSR count). The van der Waals surface area contributed by atoms with Crippen LogP contribution in [0.1, 0.15) is 25.1 Å². The first kappa shape index (κ1) is 18.7. The number of hydrogen-bond acceptors (Lipinski definition) is 5. The maximum Gasteiger partial charge on any atom is 0.409 e. The lowest BCUT2D eigenvalue weighted by molar-refractivity contribution is -0.111. The van der Waals surface area contributed by atoms with Crippen LogP contribution in [0.15, 0.2) is 42.6 Å². The van der Waals surface area contributed by atoms with Crippen molar-refractivity contribution >= 4 is 29.6 Å². The summed E-state index contributed by atoms with van der Waals surface area (Å²) in [5.74, 6) is 0. The van der Waals surface area contributed by atoms with Crippen molar-refractivity contribution in [2.75, 3.05) is 5.32 Å². The third kappa shape index (κ3) is 3.88. The van der Waals surface area contributed by atoms with E-state index in [1.165, 1.54) is 11.5 Å². The number of nitrogens with one attached hydrogen (secondary N) is 1. The SMILES string of the molecule is Cc1nsc(-c2ccc(-c3ccc(C(C)(C)C=O)cc3)nc2)c1NC(=O)O. The number of aryl methyl sites for hydroxylation is 1. The Labute approximate surface area is 161 Å². The lowest BCUT2D eigenvalue weighted by atomic mass is 9.86. The van der Waals surface area contributed by atoms with Crippen LogP contribution in [0.4, 0.5) is 10.5 Å². The molecule has 0 saturated carbocycles. The molecule has 138 valence electrons. The predicted molar refractivity (Wildman–Crippen MR) is 106 cm³/mol. The molecule has 0 fully saturated rings. The highest BCUT2D eigenvalue weighted by Crippen LogP contribution is 2.35. The Kier molecular flexibility index (Phi) is 5.05. The molecule has 2 heterocycles. The van der Waals surface area contributed by atoms with Crippen molar-refractivity contribution in [1.29, 1.82) is 0 Å². The van der Waals surface area contributed by atoms with Crippen LogP contribution in [0, 0.1) is 6.92 Å². The average Bonchev–Trinajstić information content (AvgIpc) is 3.02. The molecule has 7 heteroatoms. The van der Waals surface area contributed by atoms with E-state index in [2.05, 4.69) is 14.7 Å². The quantitative estimate of drug-likeness (QED) is 0.622. The van der Waals surface area contributed by atoms with Crippen molar-refractivity contribution in [3.63, 3.8) is 0 Å². The normalized spacial score (nSPS) is 11.2. The lowest BCUT2D eigenvalue weighted by Crippen LogP contribution is -2.18. The van der Waals surface area contributed by atoms with Gasteiger partial charge in [-0.05, 0) is 50.0 Å². The number of carbonyl (C=O) groups is 2. The van der Waals surface area contributed by atoms with Crippen LogP contribution in [-0.2, 0) is 10.2 Å². The number of carboxylic acid groups (broad SMARTS) is 1. The first-order valence-electron chi connectivity index (χ1n) is 8.31. The van der Waals surface area contributed by atoms with Gasteiger partial charge in [0, 0.05) is 22.7 Å². The Morgan fingerprint density at radius 1 is 1.15 bits per heavy atom. The summed E-state index contributed by atoms with van der Waals surface area (Å²) in [6.07, 6.45) is 1.52. The smallest absolute Gasteiger partial charge is 0.409 e. The summed E-state index contributed by atoms with van der Waals surface area (Å²) in [6.45, 7) is 5.51. The zero-order valence-electron chi connectivity index (χ0n) is 15.2. The second-order valence-corrected chi connectivity index (χ2v) is 7.52. The summed E-state index contributed by atoms with van der Waals surface area (Å²) in [4.78, 5) is 27.4. The zero-order chi connectivity index (χ0) is 19.6. The molecule has 2 aromatic heterocycles. The van der Waals surface area contributed by atoms with Gasteiger partial charge in [-0.15, -0.1) is 0 Å². The number of carbonyl (C=O) groups excluding carboxylic acids is 1. The van der Waals surface area contributed by atoms with Gasteiger partial charge >= 0.3 is 6.09 Å². The minimum Gasteiger partial charge on any atom is -0.465 e. The van der Waals surface area contributed by atoms with Gasteiger partial charge in [0.2, 0.25) is 0 Å². The van der Waals surface area contributed by atoms with Gasteiger partial charge in [-0.1, -0.05) is 24.3 Å². The van der Waals surface area contributed by atoms with E-state index in [9.17, 15) is 9.59 Å². The van der Waals surface area contributed by atoms with E-state index in [4.69, 9.17) is 5.11 Å². The Morgan fingerprint density at radius 2 is 1.81 bits per heavy atom. The van der Waals surface area contributed by atoms with Crippen LogP contribution in [0.25, 0.3) is 21.7 Å². The van der Waals surface area contributed by atoms with E-state index in [0.29, 0.717) is 11.4 Å². The van der Waals surface area contributed by atoms with Crippen molar-refractivity contribution in [2.45, 2.75) is 26.2 Å². The molecule has 0 unspecified atom stereocenters. The third-order valence-corrected chi connectivity index (χ3v) is 5.33. The number of aromatic nitrogens is 2. The van der Waals surface area contributed by atoms with E-state index < -0.39 is 11.5 Å². The molecular weight excluding hydrogens is 362 g/mol. The van der Waals surface area contributed by atoms with Crippen molar-refractivity contribution in [2.24, 2.45) is 0 Å². The van der Waals surface area contributed by atoms with Gasteiger partial charge in [0.25, 0.3) is 0 Å². The van der Waals surface area contributed by atoms with Gasteiger partial charge in [0.1, 0.15) is 6.29 Å². The van der Waals surface area contributed by atoms with Crippen LogP contribution < -0.4 is 5.32 Å². The minimum atomic E-state index is -1.12. The van der Waals surface area contributed by atoms with Gasteiger partial charge in [0.05, 0.1) is 22.0 Å². The molecule has 0 aliphatic carbocycles. The second-order valence-electron chi connectivity index (χ2n) is 6.75. The lowest BCUT2D eigenvalue weighted by Gasteiger charge is -2.17. The third-order valence-electron chi connectivity index (χ3n) is 4.34. The zero-order valence-corrected chi connectivity index (χ0v) is 16.0. The molecule has 27 heavy (non-hydrogen) atoms.